The van der Waals surface area contributed by atoms with Gasteiger partial charge in [0.2, 0.25) is 5.91 Å². The summed E-state index contributed by atoms with van der Waals surface area (Å²) in [5, 5.41) is 9.79. The Morgan fingerprint density at radius 3 is 2.54 bits per heavy atom. The van der Waals surface area contributed by atoms with Crippen molar-refractivity contribution in [2.45, 2.75) is 31.5 Å². The van der Waals surface area contributed by atoms with Crippen molar-refractivity contribution in [3.05, 3.63) is 71.5 Å². The largest absolute Gasteiger partial charge is 0.393 e. The van der Waals surface area contributed by atoms with Crippen LogP contribution in [0.25, 0.3) is 0 Å². The summed E-state index contributed by atoms with van der Waals surface area (Å²) in [6.07, 6.45) is 1.05. The maximum Gasteiger partial charge on any atom is 0.244 e. The summed E-state index contributed by atoms with van der Waals surface area (Å²) >= 11 is 0. The van der Waals surface area contributed by atoms with E-state index in [1.165, 1.54) is 12.1 Å². The molecular formula is C21H25FN2O2. The summed E-state index contributed by atoms with van der Waals surface area (Å²) in [7, 11) is 1.75. The van der Waals surface area contributed by atoms with Crippen LogP contribution < -0.4 is 0 Å². The molecule has 1 fully saturated rings. The number of likely N-dealkylation sites (tertiary alicyclic amines) is 1. The standard InChI is InChI=1S/C21H25FN2O2/c1-23(15-16-6-5-9-18(22)14-16)21(26)20(17-7-3-2-4-8-17)24-12-10-19(25)11-13-24/h2-9,14,19-20,25H,10-13,15H2,1H3. The molecule has 1 aliphatic heterocycles. The summed E-state index contributed by atoms with van der Waals surface area (Å²) in [5.41, 5.74) is 1.71. The second-order valence-electron chi connectivity index (χ2n) is 6.90. The van der Waals surface area contributed by atoms with Crippen molar-refractivity contribution in [3.63, 3.8) is 0 Å². The molecule has 0 aliphatic carbocycles. The topological polar surface area (TPSA) is 43.8 Å². The van der Waals surface area contributed by atoms with Crippen molar-refractivity contribution >= 4 is 5.91 Å². The number of carbonyl (C=O) groups excluding carboxylic acids is 1. The minimum atomic E-state index is -0.387. The lowest BCUT2D eigenvalue weighted by Crippen LogP contribution is -2.45. The lowest BCUT2D eigenvalue weighted by atomic mass is 9.99. The van der Waals surface area contributed by atoms with Gasteiger partial charge in [-0.25, -0.2) is 4.39 Å². The maximum atomic E-state index is 13.4. The molecule has 2 aromatic rings. The molecule has 138 valence electrons. The number of carbonyl (C=O) groups is 1. The first-order valence-corrected chi connectivity index (χ1v) is 9.01. The molecule has 1 unspecified atom stereocenters. The van der Waals surface area contributed by atoms with E-state index in [9.17, 15) is 14.3 Å². The molecule has 26 heavy (non-hydrogen) atoms. The van der Waals surface area contributed by atoms with Crippen molar-refractivity contribution in [2.24, 2.45) is 0 Å². The van der Waals surface area contributed by atoms with E-state index in [0.29, 0.717) is 32.5 Å². The molecule has 0 saturated carbocycles. The minimum Gasteiger partial charge on any atom is -0.393 e. The molecule has 5 heteroatoms. The van der Waals surface area contributed by atoms with Gasteiger partial charge < -0.3 is 10.0 Å². The van der Waals surface area contributed by atoms with Crippen LogP contribution in [0.2, 0.25) is 0 Å². The maximum absolute atomic E-state index is 13.4. The molecule has 1 aliphatic rings. The van der Waals surface area contributed by atoms with Crippen molar-refractivity contribution in [2.75, 3.05) is 20.1 Å². The lowest BCUT2D eigenvalue weighted by molar-refractivity contribution is -0.137. The summed E-state index contributed by atoms with van der Waals surface area (Å²) < 4.78 is 13.4. The van der Waals surface area contributed by atoms with E-state index >= 15 is 0 Å². The third-order valence-corrected chi connectivity index (χ3v) is 4.90. The molecule has 4 nitrogen and oxygen atoms in total. The number of aliphatic hydroxyl groups excluding tert-OH is 1. The van der Waals surface area contributed by atoms with Crippen LogP contribution in [0.5, 0.6) is 0 Å². The van der Waals surface area contributed by atoms with Crippen LogP contribution >= 0.6 is 0 Å². The number of hydrogen-bond donors (Lipinski definition) is 1. The number of aliphatic hydroxyl groups is 1. The Hall–Kier alpha value is -2.24. The van der Waals surface area contributed by atoms with E-state index < -0.39 is 0 Å². The van der Waals surface area contributed by atoms with Crippen LogP contribution in [0.1, 0.15) is 30.0 Å². The van der Waals surface area contributed by atoms with Crippen LogP contribution in [0.3, 0.4) is 0 Å². The molecule has 1 saturated heterocycles. The van der Waals surface area contributed by atoms with Crippen LogP contribution in [0.15, 0.2) is 54.6 Å². The molecule has 0 radical (unpaired) electrons. The molecular weight excluding hydrogens is 331 g/mol. The van der Waals surface area contributed by atoms with Gasteiger partial charge in [-0.15, -0.1) is 0 Å². The number of amides is 1. The van der Waals surface area contributed by atoms with Gasteiger partial charge in [0.1, 0.15) is 11.9 Å². The fourth-order valence-corrected chi connectivity index (χ4v) is 3.48. The van der Waals surface area contributed by atoms with Crippen LogP contribution in [0.4, 0.5) is 4.39 Å². The number of benzene rings is 2. The molecule has 0 bridgehead atoms. The predicted octanol–water partition coefficient (Wildman–Crippen LogP) is 2.98. The first-order valence-electron chi connectivity index (χ1n) is 9.01. The number of likely N-dealkylation sites (N-methyl/N-ethyl adjacent to an activating group) is 1. The van der Waals surface area contributed by atoms with Crippen LogP contribution in [-0.2, 0) is 11.3 Å². The van der Waals surface area contributed by atoms with Crippen molar-refractivity contribution in [1.82, 2.24) is 9.80 Å². The van der Waals surface area contributed by atoms with E-state index in [2.05, 4.69) is 4.90 Å². The normalized spacial score (nSPS) is 17.0. The average molecular weight is 356 g/mol. The average Bonchev–Trinajstić information content (AvgIpc) is 2.64. The van der Waals surface area contributed by atoms with Crippen LogP contribution in [-0.4, -0.2) is 47.1 Å². The molecule has 1 N–H and O–H groups in total. The third-order valence-electron chi connectivity index (χ3n) is 4.90. The highest BCUT2D eigenvalue weighted by atomic mass is 19.1. The van der Waals surface area contributed by atoms with E-state index in [1.54, 1.807) is 18.0 Å². The molecule has 1 atom stereocenters. The van der Waals surface area contributed by atoms with Gasteiger partial charge >= 0.3 is 0 Å². The third kappa shape index (κ3) is 4.48. The molecule has 1 amide bonds. The number of halogens is 1. The fraction of sp³-hybridized carbons (Fsp3) is 0.381. The first-order chi connectivity index (χ1) is 12.5. The molecule has 3 rings (SSSR count). The number of piperidine rings is 1. The van der Waals surface area contributed by atoms with Gasteiger partial charge in [0.25, 0.3) is 0 Å². The molecule has 0 aromatic heterocycles. The van der Waals surface area contributed by atoms with Crippen molar-refractivity contribution < 1.29 is 14.3 Å². The summed E-state index contributed by atoms with van der Waals surface area (Å²) in [6, 6.07) is 15.7. The predicted molar refractivity (Wildman–Crippen MR) is 98.9 cm³/mol. The summed E-state index contributed by atoms with van der Waals surface area (Å²) in [5.74, 6) is -0.315. The smallest absolute Gasteiger partial charge is 0.244 e. The van der Waals surface area contributed by atoms with Crippen LogP contribution in [0, 0.1) is 5.82 Å². The van der Waals surface area contributed by atoms with Gasteiger partial charge in [-0.3, -0.25) is 9.69 Å². The zero-order valence-electron chi connectivity index (χ0n) is 15.0. The first kappa shape index (κ1) is 18.5. The minimum absolute atomic E-state index is 0.0168. The quantitative estimate of drug-likeness (QED) is 0.896. The Bertz CT molecular complexity index is 730. The van der Waals surface area contributed by atoms with Gasteiger partial charge in [-0.2, -0.15) is 0 Å². The highest BCUT2D eigenvalue weighted by Gasteiger charge is 2.32. The second-order valence-corrected chi connectivity index (χ2v) is 6.90. The van der Waals surface area contributed by atoms with E-state index in [-0.39, 0.29) is 23.9 Å². The second kappa shape index (κ2) is 8.43. The number of hydrogen-bond acceptors (Lipinski definition) is 3. The summed E-state index contributed by atoms with van der Waals surface area (Å²) in [6.45, 7) is 1.72. The Kier molecular flexibility index (Phi) is 6.01. The zero-order valence-corrected chi connectivity index (χ0v) is 15.0. The molecule has 1 heterocycles. The Morgan fingerprint density at radius 2 is 1.88 bits per heavy atom. The van der Waals surface area contributed by atoms with Gasteiger partial charge in [0.15, 0.2) is 0 Å². The summed E-state index contributed by atoms with van der Waals surface area (Å²) in [4.78, 5) is 17.0. The highest BCUT2D eigenvalue weighted by Crippen LogP contribution is 2.27. The fourth-order valence-electron chi connectivity index (χ4n) is 3.48. The number of rotatable bonds is 5. The Labute approximate surface area is 153 Å². The molecule has 0 spiro atoms. The van der Waals surface area contributed by atoms with Gasteiger partial charge in [0, 0.05) is 26.7 Å². The highest BCUT2D eigenvalue weighted by molar-refractivity contribution is 5.83. The van der Waals surface area contributed by atoms with E-state index in [1.807, 2.05) is 36.4 Å². The van der Waals surface area contributed by atoms with E-state index in [0.717, 1.165) is 11.1 Å². The Balaban J connectivity index is 1.80. The lowest BCUT2D eigenvalue weighted by Gasteiger charge is -2.37. The van der Waals surface area contributed by atoms with Gasteiger partial charge in [-0.1, -0.05) is 42.5 Å². The SMILES string of the molecule is CN(Cc1cccc(F)c1)C(=O)C(c1ccccc1)N1CCC(O)CC1. The van der Waals surface area contributed by atoms with E-state index in [4.69, 9.17) is 0 Å². The van der Waals surface area contributed by atoms with Gasteiger partial charge in [0.05, 0.1) is 6.10 Å². The van der Waals surface area contributed by atoms with Gasteiger partial charge in [-0.05, 0) is 36.1 Å². The molecule has 2 aromatic carbocycles. The zero-order chi connectivity index (χ0) is 18.5. The van der Waals surface area contributed by atoms with Crippen molar-refractivity contribution in [1.29, 1.82) is 0 Å². The Morgan fingerprint density at radius 1 is 1.19 bits per heavy atom. The number of nitrogens with zero attached hydrogens (tertiary/aromatic N) is 2. The van der Waals surface area contributed by atoms with Crippen molar-refractivity contribution in [3.8, 4) is 0 Å². The monoisotopic (exact) mass is 356 g/mol.